The van der Waals surface area contributed by atoms with Crippen LogP contribution in [0.15, 0.2) is 0 Å². The molecule has 0 aliphatic carbocycles. The second kappa shape index (κ2) is 4.58. The van der Waals surface area contributed by atoms with Crippen LogP contribution in [0.25, 0.3) is 0 Å². The van der Waals surface area contributed by atoms with Gasteiger partial charge in [0.15, 0.2) is 5.78 Å². The molecule has 0 heterocycles. The van der Waals surface area contributed by atoms with Gasteiger partial charge in [-0.1, -0.05) is 12.2 Å². The van der Waals surface area contributed by atoms with E-state index < -0.39 is 0 Å². The van der Waals surface area contributed by atoms with Crippen LogP contribution in [0.1, 0.15) is 13.3 Å². The number of nitrogens with one attached hydrogen (secondary N) is 1. The first-order chi connectivity index (χ1) is 4.16. The smallest absolute Gasteiger partial charge is 0.151 e. The molecule has 9 heavy (non-hydrogen) atoms. The van der Waals surface area contributed by atoms with E-state index in [2.05, 4.69) is 5.32 Å². The molecular formula is C6H11NOS. The number of carbonyl (C=O) groups excluding carboxylic acids is 1. The average Bonchev–Trinajstić information content (AvgIpc) is 1.63. The Bertz CT molecular complexity index is 122. The summed E-state index contributed by atoms with van der Waals surface area (Å²) in [7, 11) is 1.75. The summed E-state index contributed by atoms with van der Waals surface area (Å²) >= 11 is 4.74. The summed E-state index contributed by atoms with van der Waals surface area (Å²) in [5, 5.41) is 2.76. The van der Waals surface area contributed by atoms with E-state index >= 15 is 0 Å². The zero-order valence-corrected chi connectivity index (χ0v) is 6.55. The number of thiocarbonyl (C=S) groups is 1. The number of carbonyl (C=O) groups is 1. The molecule has 0 radical (unpaired) electrons. The van der Waals surface area contributed by atoms with Crippen molar-refractivity contribution < 1.29 is 4.79 Å². The molecule has 0 fully saturated rings. The molecule has 3 heteroatoms. The lowest BCUT2D eigenvalue weighted by Gasteiger charge is -1.95. The van der Waals surface area contributed by atoms with E-state index in [1.165, 1.54) is 0 Å². The largest absolute Gasteiger partial charge is 0.313 e. The van der Waals surface area contributed by atoms with E-state index in [1.807, 2.05) is 0 Å². The second-order valence-corrected chi connectivity index (χ2v) is 2.64. The minimum Gasteiger partial charge on any atom is -0.313 e. The van der Waals surface area contributed by atoms with Gasteiger partial charge in [0.05, 0.1) is 6.54 Å². The van der Waals surface area contributed by atoms with Crippen LogP contribution in [0.4, 0.5) is 0 Å². The van der Waals surface area contributed by atoms with Gasteiger partial charge in [0.2, 0.25) is 0 Å². The zero-order chi connectivity index (χ0) is 7.28. The maximum absolute atomic E-state index is 10.7. The highest BCUT2D eigenvalue weighted by molar-refractivity contribution is 7.80. The van der Waals surface area contributed by atoms with Crippen molar-refractivity contribution in [1.29, 1.82) is 0 Å². The van der Waals surface area contributed by atoms with Crippen molar-refractivity contribution >= 4 is 22.9 Å². The van der Waals surface area contributed by atoms with Gasteiger partial charge < -0.3 is 5.32 Å². The number of rotatable bonds is 4. The van der Waals surface area contributed by atoms with E-state index in [1.54, 1.807) is 14.0 Å². The summed E-state index contributed by atoms with van der Waals surface area (Å²) in [5.74, 6) is 0.157. The predicted octanol–water partition coefficient (Wildman–Crippen LogP) is 0.555. The van der Waals surface area contributed by atoms with Crippen LogP contribution >= 0.6 is 12.2 Å². The van der Waals surface area contributed by atoms with E-state index in [9.17, 15) is 4.79 Å². The van der Waals surface area contributed by atoms with Gasteiger partial charge in [0.25, 0.3) is 0 Å². The second-order valence-electron chi connectivity index (χ2n) is 1.95. The van der Waals surface area contributed by atoms with Gasteiger partial charge in [-0.15, -0.1) is 0 Å². The van der Waals surface area contributed by atoms with Gasteiger partial charge >= 0.3 is 0 Å². The summed E-state index contributed by atoms with van der Waals surface area (Å²) in [5.41, 5.74) is 0. The van der Waals surface area contributed by atoms with Crippen molar-refractivity contribution in [3.63, 3.8) is 0 Å². The molecule has 0 unspecified atom stereocenters. The summed E-state index contributed by atoms with van der Waals surface area (Å²) < 4.78 is 0. The average molecular weight is 145 g/mol. The molecule has 0 aromatic rings. The number of hydrogen-bond acceptors (Lipinski definition) is 3. The number of hydrogen-bond donors (Lipinski definition) is 1. The van der Waals surface area contributed by atoms with E-state index in [0.29, 0.717) is 13.0 Å². The molecule has 0 aliphatic rings. The zero-order valence-electron chi connectivity index (χ0n) is 5.73. The third-order valence-corrected chi connectivity index (χ3v) is 0.964. The number of Topliss-reactive ketones (excluding diaryl/α,β-unsaturated/α-hetero) is 1. The summed E-state index contributed by atoms with van der Waals surface area (Å²) in [6.07, 6.45) is 0.427. The Kier molecular flexibility index (Phi) is 4.44. The maximum Gasteiger partial charge on any atom is 0.151 e. The summed E-state index contributed by atoms with van der Waals surface area (Å²) in [6.45, 7) is 2.21. The molecule has 0 saturated carbocycles. The van der Waals surface area contributed by atoms with Crippen molar-refractivity contribution in [2.24, 2.45) is 0 Å². The Morgan fingerprint density at radius 1 is 1.67 bits per heavy atom. The lowest BCUT2D eigenvalue weighted by Crippen LogP contribution is -2.19. The van der Waals surface area contributed by atoms with Gasteiger partial charge in [-0.3, -0.25) is 4.79 Å². The van der Waals surface area contributed by atoms with Crippen molar-refractivity contribution in [1.82, 2.24) is 5.32 Å². The van der Waals surface area contributed by atoms with Crippen LogP contribution in [0.5, 0.6) is 0 Å². The predicted molar refractivity (Wildman–Crippen MR) is 41.8 cm³/mol. The standard InChI is InChI=1S/C6H11NOS/c1-5(9)3-6(8)4-7-2/h7H,3-4H2,1-2H3. The van der Waals surface area contributed by atoms with E-state index in [0.717, 1.165) is 4.86 Å². The maximum atomic E-state index is 10.7. The molecule has 0 aromatic carbocycles. The van der Waals surface area contributed by atoms with Crippen molar-refractivity contribution in [3.8, 4) is 0 Å². The molecule has 0 spiro atoms. The highest BCUT2D eigenvalue weighted by Crippen LogP contribution is 1.85. The lowest BCUT2D eigenvalue weighted by atomic mass is 10.2. The van der Waals surface area contributed by atoms with Gasteiger partial charge in [-0.2, -0.15) is 0 Å². The lowest BCUT2D eigenvalue weighted by molar-refractivity contribution is -0.117. The molecule has 1 N–H and O–H groups in total. The van der Waals surface area contributed by atoms with E-state index in [-0.39, 0.29) is 5.78 Å². The quantitative estimate of drug-likeness (QED) is 0.586. The molecule has 0 atom stereocenters. The molecule has 0 bridgehead atoms. The van der Waals surface area contributed by atoms with Crippen LogP contribution in [-0.2, 0) is 4.79 Å². The summed E-state index contributed by atoms with van der Waals surface area (Å²) in [6, 6.07) is 0. The monoisotopic (exact) mass is 145 g/mol. The fourth-order valence-electron chi connectivity index (χ4n) is 0.537. The molecule has 0 aliphatic heterocycles. The molecule has 0 saturated heterocycles. The Morgan fingerprint density at radius 2 is 2.22 bits per heavy atom. The highest BCUT2D eigenvalue weighted by Gasteiger charge is 1.98. The van der Waals surface area contributed by atoms with Crippen LogP contribution < -0.4 is 5.32 Å². The van der Waals surface area contributed by atoms with E-state index in [4.69, 9.17) is 12.2 Å². The Morgan fingerprint density at radius 3 is 2.56 bits per heavy atom. The molecule has 0 aromatic heterocycles. The van der Waals surface area contributed by atoms with Gasteiger partial charge in [-0.25, -0.2) is 0 Å². The third kappa shape index (κ3) is 5.59. The molecular weight excluding hydrogens is 134 g/mol. The minimum atomic E-state index is 0.157. The van der Waals surface area contributed by atoms with Crippen LogP contribution in [0.3, 0.4) is 0 Å². The Labute approximate surface area is 60.6 Å². The van der Waals surface area contributed by atoms with Crippen molar-refractivity contribution in [2.45, 2.75) is 13.3 Å². The fraction of sp³-hybridized carbons (Fsp3) is 0.667. The van der Waals surface area contributed by atoms with Gasteiger partial charge in [0, 0.05) is 6.42 Å². The van der Waals surface area contributed by atoms with Crippen LogP contribution in [-0.4, -0.2) is 24.2 Å². The topological polar surface area (TPSA) is 29.1 Å². The van der Waals surface area contributed by atoms with Gasteiger partial charge in [0.1, 0.15) is 0 Å². The molecule has 0 amide bonds. The Hall–Kier alpha value is -0.280. The fourth-order valence-corrected chi connectivity index (χ4v) is 0.698. The SMILES string of the molecule is CNCC(=O)CC(C)=S. The van der Waals surface area contributed by atoms with Crippen molar-refractivity contribution in [3.05, 3.63) is 0 Å². The molecule has 2 nitrogen and oxygen atoms in total. The molecule has 52 valence electrons. The van der Waals surface area contributed by atoms with Gasteiger partial charge in [-0.05, 0) is 18.8 Å². The first kappa shape index (κ1) is 8.72. The first-order valence-corrected chi connectivity index (χ1v) is 3.23. The summed E-state index contributed by atoms with van der Waals surface area (Å²) in [4.78, 5) is 11.5. The molecule has 0 rings (SSSR count). The minimum absolute atomic E-state index is 0.157. The highest BCUT2D eigenvalue weighted by atomic mass is 32.1. The number of ketones is 1. The third-order valence-electron chi connectivity index (χ3n) is 0.820. The van der Waals surface area contributed by atoms with Crippen LogP contribution in [0, 0.1) is 0 Å². The van der Waals surface area contributed by atoms with Crippen molar-refractivity contribution in [2.75, 3.05) is 13.6 Å². The normalized spacial score (nSPS) is 9.11. The van der Waals surface area contributed by atoms with Crippen LogP contribution in [0.2, 0.25) is 0 Å². The Balaban J connectivity index is 3.39. The number of likely N-dealkylation sites (N-methyl/N-ethyl adjacent to an activating group) is 1. The first-order valence-electron chi connectivity index (χ1n) is 2.82.